The van der Waals surface area contributed by atoms with Crippen molar-refractivity contribution in [1.29, 1.82) is 0 Å². The molecule has 1 rings (SSSR count). The van der Waals surface area contributed by atoms with Gasteiger partial charge in [0.2, 0.25) is 0 Å². The number of nitrogens with zero attached hydrogens (tertiary/aromatic N) is 1. The predicted octanol–water partition coefficient (Wildman–Crippen LogP) is 1.29. The topological polar surface area (TPSA) is 110 Å². The second-order valence-corrected chi connectivity index (χ2v) is 3.93. The Hall–Kier alpha value is -2.31. The number of urea groups is 1. The van der Waals surface area contributed by atoms with Crippen LogP contribution in [0.1, 0.15) is 11.1 Å². The van der Waals surface area contributed by atoms with Gasteiger partial charge in [-0.2, -0.15) is 0 Å². The average molecular weight is 252 g/mol. The van der Waals surface area contributed by atoms with Gasteiger partial charge in [-0.05, 0) is 31.0 Å². The molecule has 4 N–H and O–H groups in total. The molecule has 0 heterocycles. The Morgan fingerprint density at radius 1 is 1.33 bits per heavy atom. The number of benzene rings is 1. The minimum Gasteiger partial charge on any atom is -0.378 e. The highest BCUT2D eigenvalue weighted by atomic mass is 16.6. The summed E-state index contributed by atoms with van der Waals surface area (Å²) in [5.74, 6) is 0. The second kappa shape index (κ2) is 5.85. The number of aryl methyl sites for hydroxylation is 2. The quantitative estimate of drug-likeness (QED) is 0.416. The molecule has 0 aliphatic carbocycles. The predicted molar refractivity (Wildman–Crippen MR) is 68.6 cm³/mol. The Balaban J connectivity index is 2.77. The van der Waals surface area contributed by atoms with E-state index in [2.05, 4.69) is 10.6 Å². The van der Waals surface area contributed by atoms with Crippen LogP contribution in [0.5, 0.6) is 0 Å². The van der Waals surface area contributed by atoms with Gasteiger partial charge in [-0.1, -0.05) is 0 Å². The van der Waals surface area contributed by atoms with Crippen molar-refractivity contribution in [3.8, 4) is 0 Å². The fraction of sp³-hybridized carbons (Fsp3) is 0.364. The summed E-state index contributed by atoms with van der Waals surface area (Å²) in [7, 11) is 0. The van der Waals surface area contributed by atoms with Gasteiger partial charge in [-0.25, -0.2) is 4.79 Å². The summed E-state index contributed by atoms with van der Waals surface area (Å²) in [5.41, 5.74) is 7.20. The summed E-state index contributed by atoms with van der Waals surface area (Å²) >= 11 is 0. The lowest BCUT2D eigenvalue weighted by atomic mass is 10.1. The number of nitrogens with one attached hydrogen (secondary N) is 2. The normalized spacial score (nSPS) is 9.89. The van der Waals surface area contributed by atoms with Gasteiger partial charge in [0.15, 0.2) is 0 Å². The smallest absolute Gasteiger partial charge is 0.312 e. The number of primary amides is 1. The van der Waals surface area contributed by atoms with Gasteiger partial charge in [-0.3, -0.25) is 10.1 Å². The Labute approximate surface area is 105 Å². The fourth-order valence-electron chi connectivity index (χ4n) is 1.48. The van der Waals surface area contributed by atoms with E-state index in [1.165, 1.54) is 6.07 Å². The summed E-state index contributed by atoms with van der Waals surface area (Å²) in [5, 5.41) is 16.2. The maximum Gasteiger partial charge on any atom is 0.312 e. The number of carbonyl (C=O) groups is 1. The van der Waals surface area contributed by atoms with Gasteiger partial charge in [0.05, 0.1) is 4.92 Å². The molecular formula is C11H16N4O3. The van der Waals surface area contributed by atoms with Gasteiger partial charge in [0.25, 0.3) is 5.69 Å². The maximum atomic E-state index is 10.9. The van der Waals surface area contributed by atoms with Crippen molar-refractivity contribution in [2.75, 3.05) is 18.4 Å². The van der Waals surface area contributed by atoms with Crippen LogP contribution in [0.2, 0.25) is 0 Å². The number of amides is 2. The largest absolute Gasteiger partial charge is 0.378 e. The third kappa shape index (κ3) is 3.62. The van der Waals surface area contributed by atoms with Crippen LogP contribution in [0.3, 0.4) is 0 Å². The molecule has 0 unspecified atom stereocenters. The van der Waals surface area contributed by atoms with Crippen molar-refractivity contribution < 1.29 is 9.72 Å². The van der Waals surface area contributed by atoms with E-state index in [0.717, 1.165) is 11.1 Å². The van der Waals surface area contributed by atoms with Crippen molar-refractivity contribution in [3.05, 3.63) is 33.4 Å². The van der Waals surface area contributed by atoms with E-state index in [9.17, 15) is 14.9 Å². The third-order valence-corrected chi connectivity index (χ3v) is 2.55. The molecule has 0 radical (unpaired) electrons. The summed E-state index contributed by atoms with van der Waals surface area (Å²) in [6.45, 7) is 4.37. The van der Waals surface area contributed by atoms with Crippen LogP contribution in [-0.2, 0) is 0 Å². The van der Waals surface area contributed by atoms with E-state index in [0.29, 0.717) is 18.8 Å². The Morgan fingerprint density at radius 3 is 2.50 bits per heavy atom. The minimum absolute atomic E-state index is 0.0252. The van der Waals surface area contributed by atoms with Gasteiger partial charge in [0.1, 0.15) is 5.69 Å². The van der Waals surface area contributed by atoms with Gasteiger partial charge in [-0.15, -0.1) is 0 Å². The summed E-state index contributed by atoms with van der Waals surface area (Å²) < 4.78 is 0. The molecule has 2 amide bonds. The number of nitrogens with two attached hydrogens (primary N) is 1. The van der Waals surface area contributed by atoms with Gasteiger partial charge >= 0.3 is 6.03 Å². The van der Waals surface area contributed by atoms with Crippen LogP contribution in [0.4, 0.5) is 16.2 Å². The molecular weight excluding hydrogens is 236 g/mol. The van der Waals surface area contributed by atoms with Crippen molar-refractivity contribution in [2.45, 2.75) is 13.8 Å². The van der Waals surface area contributed by atoms with E-state index < -0.39 is 11.0 Å². The molecule has 18 heavy (non-hydrogen) atoms. The van der Waals surface area contributed by atoms with Gasteiger partial charge in [0, 0.05) is 19.2 Å². The molecule has 0 bridgehead atoms. The molecule has 0 saturated carbocycles. The molecule has 0 fully saturated rings. The van der Waals surface area contributed by atoms with Crippen LogP contribution in [-0.4, -0.2) is 24.0 Å². The molecule has 1 aromatic rings. The number of nitro benzene ring substituents is 1. The molecule has 0 aromatic heterocycles. The van der Waals surface area contributed by atoms with E-state index in [1.54, 1.807) is 6.07 Å². The first-order valence-electron chi connectivity index (χ1n) is 5.44. The molecule has 1 aromatic carbocycles. The molecule has 0 aliphatic heterocycles. The van der Waals surface area contributed by atoms with Crippen LogP contribution < -0.4 is 16.4 Å². The molecule has 7 nitrogen and oxygen atoms in total. The Morgan fingerprint density at radius 2 is 1.94 bits per heavy atom. The lowest BCUT2D eigenvalue weighted by Crippen LogP contribution is -2.33. The molecule has 98 valence electrons. The highest BCUT2D eigenvalue weighted by Gasteiger charge is 2.14. The first-order valence-corrected chi connectivity index (χ1v) is 5.44. The number of hydrogen-bond acceptors (Lipinski definition) is 4. The monoisotopic (exact) mass is 252 g/mol. The van der Waals surface area contributed by atoms with Crippen molar-refractivity contribution in [3.63, 3.8) is 0 Å². The molecule has 0 saturated heterocycles. The zero-order chi connectivity index (χ0) is 13.7. The van der Waals surface area contributed by atoms with Crippen molar-refractivity contribution >= 4 is 17.4 Å². The summed E-state index contributed by atoms with van der Waals surface area (Å²) in [4.78, 5) is 20.9. The number of carbonyl (C=O) groups excluding carboxylic acids is 1. The first kappa shape index (κ1) is 13.8. The molecule has 0 spiro atoms. The second-order valence-electron chi connectivity index (χ2n) is 3.93. The van der Waals surface area contributed by atoms with E-state index in [1.807, 2.05) is 13.8 Å². The number of hydrogen-bond donors (Lipinski definition) is 3. The Kier molecular flexibility index (Phi) is 4.47. The summed E-state index contributed by atoms with van der Waals surface area (Å²) in [6, 6.07) is 2.63. The number of rotatable bonds is 5. The minimum atomic E-state index is -0.619. The fourth-order valence-corrected chi connectivity index (χ4v) is 1.48. The first-order chi connectivity index (χ1) is 8.41. The van der Waals surface area contributed by atoms with Crippen LogP contribution >= 0.6 is 0 Å². The van der Waals surface area contributed by atoms with Crippen LogP contribution in [0.15, 0.2) is 12.1 Å². The molecule has 7 heteroatoms. The van der Waals surface area contributed by atoms with Crippen LogP contribution in [0.25, 0.3) is 0 Å². The highest BCUT2D eigenvalue weighted by molar-refractivity contribution is 5.71. The third-order valence-electron chi connectivity index (χ3n) is 2.55. The van der Waals surface area contributed by atoms with Crippen molar-refractivity contribution in [2.24, 2.45) is 5.73 Å². The Bertz CT molecular complexity index is 474. The summed E-state index contributed by atoms with van der Waals surface area (Å²) in [6.07, 6.45) is 0. The zero-order valence-corrected chi connectivity index (χ0v) is 10.3. The lowest BCUT2D eigenvalue weighted by molar-refractivity contribution is -0.384. The standard InChI is InChI=1S/C11H16N4O3/c1-7-5-9(13-3-4-14-11(12)16)10(15(17)18)6-8(7)2/h5-6,13H,3-4H2,1-2H3,(H3,12,14,16). The molecule has 0 aliphatic rings. The lowest BCUT2D eigenvalue weighted by Gasteiger charge is -2.09. The molecule has 0 atom stereocenters. The highest BCUT2D eigenvalue weighted by Crippen LogP contribution is 2.27. The average Bonchev–Trinajstić information content (AvgIpc) is 2.28. The van der Waals surface area contributed by atoms with E-state index >= 15 is 0 Å². The van der Waals surface area contributed by atoms with E-state index in [-0.39, 0.29) is 5.69 Å². The zero-order valence-electron chi connectivity index (χ0n) is 10.3. The van der Waals surface area contributed by atoms with E-state index in [4.69, 9.17) is 5.73 Å². The number of nitro groups is 1. The van der Waals surface area contributed by atoms with Crippen LogP contribution in [0, 0.1) is 24.0 Å². The maximum absolute atomic E-state index is 10.9. The SMILES string of the molecule is Cc1cc(NCCNC(N)=O)c([N+](=O)[O-])cc1C. The van der Waals surface area contributed by atoms with Gasteiger partial charge < -0.3 is 16.4 Å². The number of anilines is 1. The van der Waals surface area contributed by atoms with Crippen molar-refractivity contribution in [1.82, 2.24) is 5.32 Å².